The Labute approximate surface area is 118 Å². The SMILES string of the molecule is CN1CCCC(N(C)C(=O)C(CN)CC(C)(C)C)C1. The fourth-order valence-corrected chi connectivity index (χ4v) is 2.93. The summed E-state index contributed by atoms with van der Waals surface area (Å²) in [6.45, 7) is 9.06. The maximum absolute atomic E-state index is 12.6. The summed E-state index contributed by atoms with van der Waals surface area (Å²) in [7, 11) is 4.07. The van der Waals surface area contributed by atoms with Crippen LogP contribution in [0.5, 0.6) is 0 Å². The molecule has 0 aromatic rings. The minimum atomic E-state index is -0.0442. The van der Waals surface area contributed by atoms with E-state index < -0.39 is 0 Å². The first-order valence-corrected chi connectivity index (χ1v) is 7.40. The van der Waals surface area contributed by atoms with Crippen molar-refractivity contribution in [1.29, 1.82) is 0 Å². The molecule has 2 N–H and O–H groups in total. The Balaban J connectivity index is 2.63. The molecular weight excluding hydrogens is 238 g/mol. The molecule has 0 aliphatic carbocycles. The fraction of sp³-hybridized carbons (Fsp3) is 0.933. The molecule has 2 atom stereocenters. The van der Waals surface area contributed by atoms with E-state index in [4.69, 9.17) is 5.73 Å². The van der Waals surface area contributed by atoms with Crippen LogP contribution in [0.1, 0.15) is 40.0 Å². The second-order valence-corrected chi connectivity index (χ2v) is 7.20. The number of carbonyl (C=O) groups excluding carboxylic acids is 1. The molecule has 1 rings (SSSR count). The molecule has 0 spiro atoms. The average Bonchev–Trinajstić information content (AvgIpc) is 2.33. The quantitative estimate of drug-likeness (QED) is 0.842. The third kappa shape index (κ3) is 5.11. The lowest BCUT2D eigenvalue weighted by Gasteiger charge is -2.38. The summed E-state index contributed by atoms with van der Waals surface area (Å²) in [6.07, 6.45) is 3.14. The molecule has 1 heterocycles. The molecule has 1 amide bonds. The molecule has 4 heteroatoms. The van der Waals surface area contributed by atoms with Crippen molar-refractivity contribution in [2.75, 3.05) is 33.7 Å². The first kappa shape index (κ1) is 16.4. The van der Waals surface area contributed by atoms with E-state index in [1.165, 1.54) is 6.42 Å². The first-order chi connectivity index (χ1) is 8.74. The Hall–Kier alpha value is -0.610. The van der Waals surface area contributed by atoms with Crippen LogP contribution in [-0.4, -0.2) is 55.5 Å². The molecule has 4 nitrogen and oxygen atoms in total. The van der Waals surface area contributed by atoms with Gasteiger partial charge in [0.05, 0.1) is 5.92 Å². The van der Waals surface area contributed by atoms with E-state index in [1.807, 2.05) is 11.9 Å². The van der Waals surface area contributed by atoms with Crippen LogP contribution < -0.4 is 5.73 Å². The Kier molecular flexibility index (Phi) is 5.81. The predicted octanol–water partition coefficient (Wildman–Crippen LogP) is 1.55. The van der Waals surface area contributed by atoms with E-state index in [9.17, 15) is 4.79 Å². The van der Waals surface area contributed by atoms with Crippen molar-refractivity contribution in [3.05, 3.63) is 0 Å². The third-order valence-corrected chi connectivity index (χ3v) is 3.99. The van der Waals surface area contributed by atoms with E-state index in [0.717, 1.165) is 25.9 Å². The summed E-state index contributed by atoms with van der Waals surface area (Å²) in [5.74, 6) is 0.176. The lowest BCUT2D eigenvalue weighted by atomic mass is 9.84. The number of nitrogens with zero attached hydrogens (tertiary/aromatic N) is 2. The van der Waals surface area contributed by atoms with Crippen LogP contribution in [-0.2, 0) is 4.79 Å². The average molecular weight is 269 g/mol. The number of hydrogen-bond donors (Lipinski definition) is 1. The Morgan fingerprint density at radius 2 is 2.11 bits per heavy atom. The Morgan fingerprint density at radius 1 is 1.47 bits per heavy atom. The topological polar surface area (TPSA) is 49.6 Å². The van der Waals surface area contributed by atoms with Gasteiger partial charge in [0.1, 0.15) is 0 Å². The van der Waals surface area contributed by atoms with Crippen LogP contribution in [0.25, 0.3) is 0 Å². The van der Waals surface area contributed by atoms with Crippen LogP contribution in [0.2, 0.25) is 0 Å². The molecule has 1 fully saturated rings. The highest BCUT2D eigenvalue weighted by Crippen LogP contribution is 2.26. The number of carbonyl (C=O) groups is 1. The van der Waals surface area contributed by atoms with Gasteiger partial charge in [0.25, 0.3) is 0 Å². The molecule has 0 bridgehead atoms. The molecular formula is C15H31N3O. The van der Waals surface area contributed by atoms with Crippen LogP contribution >= 0.6 is 0 Å². The van der Waals surface area contributed by atoms with Gasteiger partial charge in [-0.1, -0.05) is 20.8 Å². The van der Waals surface area contributed by atoms with Crippen molar-refractivity contribution >= 4 is 5.91 Å². The number of nitrogens with two attached hydrogens (primary N) is 1. The molecule has 1 aliphatic rings. The van der Waals surface area contributed by atoms with Gasteiger partial charge in [-0.15, -0.1) is 0 Å². The molecule has 0 radical (unpaired) electrons. The number of amides is 1. The van der Waals surface area contributed by atoms with E-state index in [0.29, 0.717) is 12.6 Å². The fourth-order valence-electron chi connectivity index (χ4n) is 2.93. The second-order valence-electron chi connectivity index (χ2n) is 7.20. The smallest absolute Gasteiger partial charge is 0.227 e. The zero-order valence-corrected chi connectivity index (χ0v) is 13.3. The molecule has 0 aromatic carbocycles. The molecule has 1 saturated heterocycles. The number of piperidine rings is 1. The summed E-state index contributed by atoms with van der Waals surface area (Å²) in [5.41, 5.74) is 5.96. The van der Waals surface area contributed by atoms with Gasteiger partial charge in [0.2, 0.25) is 5.91 Å². The van der Waals surface area contributed by atoms with E-state index >= 15 is 0 Å². The highest BCUT2D eigenvalue weighted by atomic mass is 16.2. The van der Waals surface area contributed by atoms with Crippen molar-refractivity contribution < 1.29 is 4.79 Å². The van der Waals surface area contributed by atoms with Gasteiger partial charge in [-0.25, -0.2) is 0 Å². The van der Waals surface area contributed by atoms with Gasteiger partial charge in [-0.05, 0) is 38.3 Å². The monoisotopic (exact) mass is 269 g/mol. The van der Waals surface area contributed by atoms with E-state index in [2.05, 4.69) is 32.7 Å². The summed E-state index contributed by atoms with van der Waals surface area (Å²) in [4.78, 5) is 16.8. The van der Waals surface area contributed by atoms with Gasteiger partial charge in [-0.2, -0.15) is 0 Å². The normalized spacial score (nSPS) is 23.2. The molecule has 19 heavy (non-hydrogen) atoms. The highest BCUT2D eigenvalue weighted by molar-refractivity contribution is 5.79. The van der Waals surface area contributed by atoms with Crippen LogP contribution in [0.3, 0.4) is 0 Å². The molecule has 0 aromatic heterocycles. The highest BCUT2D eigenvalue weighted by Gasteiger charge is 2.30. The minimum Gasteiger partial charge on any atom is -0.341 e. The van der Waals surface area contributed by atoms with E-state index in [1.54, 1.807) is 0 Å². The largest absolute Gasteiger partial charge is 0.341 e. The molecule has 2 unspecified atom stereocenters. The van der Waals surface area contributed by atoms with Gasteiger partial charge >= 0.3 is 0 Å². The lowest BCUT2D eigenvalue weighted by molar-refractivity contribution is -0.138. The number of rotatable bonds is 4. The van der Waals surface area contributed by atoms with Gasteiger partial charge in [-0.3, -0.25) is 4.79 Å². The van der Waals surface area contributed by atoms with Crippen molar-refractivity contribution in [2.45, 2.75) is 46.1 Å². The van der Waals surface area contributed by atoms with Gasteiger partial charge in [0.15, 0.2) is 0 Å². The summed E-state index contributed by atoms with van der Waals surface area (Å²) >= 11 is 0. The molecule has 112 valence electrons. The van der Waals surface area contributed by atoms with Gasteiger partial charge < -0.3 is 15.5 Å². The number of hydrogen-bond acceptors (Lipinski definition) is 3. The van der Waals surface area contributed by atoms with Crippen LogP contribution in [0, 0.1) is 11.3 Å². The second kappa shape index (κ2) is 6.71. The minimum absolute atomic E-state index is 0.0442. The molecule has 0 saturated carbocycles. The third-order valence-electron chi connectivity index (χ3n) is 3.99. The number of likely N-dealkylation sites (tertiary alicyclic amines) is 1. The van der Waals surface area contributed by atoms with E-state index in [-0.39, 0.29) is 17.2 Å². The zero-order chi connectivity index (χ0) is 14.6. The molecule has 1 aliphatic heterocycles. The summed E-state index contributed by atoms with van der Waals surface area (Å²) in [5, 5.41) is 0. The Morgan fingerprint density at radius 3 is 2.58 bits per heavy atom. The van der Waals surface area contributed by atoms with Crippen molar-refractivity contribution in [2.24, 2.45) is 17.1 Å². The maximum atomic E-state index is 12.6. The maximum Gasteiger partial charge on any atom is 0.227 e. The lowest BCUT2D eigenvalue weighted by Crippen LogP contribution is -2.50. The van der Waals surface area contributed by atoms with Crippen molar-refractivity contribution in [3.63, 3.8) is 0 Å². The van der Waals surface area contributed by atoms with Crippen molar-refractivity contribution in [3.8, 4) is 0 Å². The summed E-state index contributed by atoms with van der Waals surface area (Å²) in [6, 6.07) is 0.347. The predicted molar refractivity (Wildman–Crippen MR) is 79.9 cm³/mol. The Bertz CT molecular complexity index is 298. The number of likely N-dealkylation sites (N-methyl/N-ethyl adjacent to an activating group) is 2. The summed E-state index contributed by atoms with van der Waals surface area (Å²) < 4.78 is 0. The van der Waals surface area contributed by atoms with Gasteiger partial charge in [0, 0.05) is 26.2 Å². The van der Waals surface area contributed by atoms with Crippen LogP contribution in [0.4, 0.5) is 0 Å². The first-order valence-electron chi connectivity index (χ1n) is 7.40. The van der Waals surface area contributed by atoms with Crippen LogP contribution in [0.15, 0.2) is 0 Å². The van der Waals surface area contributed by atoms with Crippen molar-refractivity contribution in [1.82, 2.24) is 9.80 Å². The standard InChI is InChI=1S/C15H31N3O/c1-15(2,3)9-12(10-16)14(19)18(5)13-7-6-8-17(4)11-13/h12-13H,6-11,16H2,1-5H3. The zero-order valence-electron chi connectivity index (χ0n) is 13.3.